The summed E-state index contributed by atoms with van der Waals surface area (Å²) in [6, 6.07) is 29.7. The highest BCUT2D eigenvalue weighted by Crippen LogP contribution is 2.43. The summed E-state index contributed by atoms with van der Waals surface area (Å²) in [4.78, 5) is 49.1. The van der Waals surface area contributed by atoms with Crippen LogP contribution in [-0.4, -0.2) is 84.2 Å². The monoisotopic (exact) mass is 1020 g/mol. The van der Waals surface area contributed by atoms with Crippen LogP contribution in [0.5, 0.6) is 0 Å². The lowest BCUT2D eigenvalue weighted by Crippen LogP contribution is -2.25. The minimum Gasteiger partial charge on any atom is -0.478 e. The van der Waals surface area contributed by atoms with Gasteiger partial charge in [-0.25, -0.2) is 35.2 Å². The number of carboxylic acids is 2. The molecule has 2 heterocycles. The van der Waals surface area contributed by atoms with E-state index in [0.717, 1.165) is 21.1 Å². The smallest absolute Gasteiger partial charge is 0.340 e. The first-order valence-electron chi connectivity index (χ1n) is 21.9. The number of rotatable bonds is 14. The largest absolute Gasteiger partial charge is 0.478 e. The molecule has 0 amide bonds. The number of furan rings is 2. The summed E-state index contributed by atoms with van der Waals surface area (Å²) in [7, 11) is -3.14. The van der Waals surface area contributed by atoms with Crippen LogP contribution >= 0.6 is 0 Å². The number of hydrogen-bond acceptors (Lipinski definition) is 11. The maximum Gasteiger partial charge on any atom is 0.340 e. The van der Waals surface area contributed by atoms with Crippen molar-refractivity contribution in [3.63, 3.8) is 0 Å². The van der Waals surface area contributed by atoms with E-state index in [9.17, 15) is 55.0 Å². The summed E-state index contributed by atoms with van der Waals surface area (Å²) in [6.07, 6.45) is 2.64. The maximum absolute atomic E-state index is 13.6. The quantitative estimate of drug-likeness (QED) is 0.0861. The predicted molar refractivity (Wildman–Crippen MR) is 274 cm³/mol. The fraction of sp³-hybridized carbons (Fsp3) is 0.170. The van der Waals surface area contributed by atoms with Crippen LogP contribution in [0.15, 0.2) is 130 Å². The Morgan fingerprint density at radius 2 is 0.917 bits per heavy atom. The van der Waals surface area contributed by atoms with Gasteiger partial charge in [0.1, 0.15) is 39.9 Å². The molecule has 0 aliphatic heterocycles. The van der Waals surface area contributed by atoms with Crippen molar-refractivity contribution in [2.24, 2.45) is 5.73 Å². The highest BCUT2D eigenvalue weighted by molar-refractivity contribution is 7.92. The van der Waals surface area contributed by atoms with Crippen molar-refractivity contribution in [2.75, 3.05) is 42.3 Å². The van der Waals surface area contributed by atoms with Crippen LogP contribution in [0, 0.1) is 11.6 Å². The average molecular weight is 1020 g/mol. The number of fused-ring (bicyclic) bond motifs is 2. The standard InChI is InChI=1S/C28H26FNO5S.C24H18FNO7S.CH5N/c1-5-24(31)19-9-7-8-18(14-19)21-15-22-26(16-23(21)30(3)36(4,33)34)35-28(27(22)25(32)6-2)17-10-12-20(29)13-11-17;1-26(34(2,31)32)19-12-20-18(11-17(19)14-4-3-5-15(10-14)23(27)28)21(24(29)30)22(33-20)13-6-8-16(25)9-7-13;1-2/h7-16H,5-6H2,1-4H3;3-12H,1-2H3,(H,27,28)(H,29,30);2H2,1H3. The molecule has 0 aliphatic rings. The fourth-order valence-electron chi connectivity index (χ4n) is 7.76. The van der Waals surface area contributed by atoms with E-state index in [2.05, 4.69) is 5.73 Å². The zero-order valence-corrected chi connectivity index (χ0v) is 41.6. The number of Topliss-reactive ketones (excluding diaryl/α,β-unsaturated/α-hetero) is 2. The number of carbonyl (C=O) groups is 4. The Bertz CT molecular complexity index is 3630. The molecular weight excluding hydrogens is 973 g/mol. The Hall–Kier alpha value is -8.00. The number of hydrogen-bond donors (Lipinski definition) is 3. The number of aromatic carboxylic acids is 2. The molecule has 0 atom stereocenters. The highest BCUT2D eigenvalue weighted by atomic mass is 32.2. The minimum atomic E-state index is -3.74. The number of sulfonamides is 2. The summed E-state index contributed by atoms with van der Waals surface area (Å²) in [5.74, 6) is -3.34. The predicted octanol–water partition coefficient (Wildman–Crippen LogP) is 10.8. The zero-order valence-electron chi connectivity index (χ0n) is 40.0. The van der Waals surface area contributed by atoms with Gasteiger partial charge in [0.25, 0.3) is 0 Å². The topological polar surface area (TPSA) is 236 Å². The lowest BCUT2D eigenvalue weighted by atomic mass is 9.95. The summed E-state index contributed by atoms with van der Waals surface area (Å²) in [5, 5.41) is 20.0. The summed E-state index contributed by atoms with van der Waals surface area (Å²) >= 11 is 0. The number of ketones is 2. The van der Waals surface area contributed by atoms with Crippen molar-refractivity contribution in [2.45, 2.75) is 26.7 Å². The third kappa shape index (κ3) is 11.1. The second kappa shape index (κ2) is 21.6. The molecule has 15 nitrogen and oxygen atoms in total. The minimum absolute atomic E-state index is 0.0214. The number of benzene rings is 6. The van der Waals surface area contributed by atoms with Crippen LogP contribution in [0.2, 0.25) is 0 Å². The van der Waals surface area contributed by atoms with Gasteiger partial charge in [-0.2, -0.15) is 0 Å². The van der Waals surface area contributed by atoms with Gasteiger partial charge in [0.15, 0.2) is 11.6 Å². The van der Waals surface area contributed by atoms with Gasteiger partial charge in [0.05, 0.1) is 35.0 Å². The number of halogens is 2. The van der Waals surface area contributed by atoms with Crippen LogP contribution in [0.25, 0.3) is 66.8 Å². The number of carbonyl (C=O) groups excluding carboxylic acids is 2. The van der Waals surface area contributed by atoms with E-state index in [0.29, 0.717) is 62.0 Å². The van der Waals surface area contributed by atoms with E-state index in [1.165, 1.54) is 100 Å². The van der Waals surface area contributed by atoms with E-state index in [1.807, 2.05) is 0 Å². The SMILES string of the molecule is CCC(=O)c1cccc(-c2cc3c(C(=O)CC)c(-c4ccc(F)cc4)oc3cc2N(C)S(C)(=O)=O)c1.CN.CN(c1cc2oc(-c3ccc(F)cc3)c(C(=O)O)c2cc1-c1cccc(C(=O)O)c1)S(C)(=O)=O. The maximum atomic E-state index is 13.6. The van der Waals surface area contributed by atoms with Crippen LogP contribution < -0.4 is 14.3 Å². The van der Waals surface area contributed by atoms with Crippen molar-refractivity contribution in [1.29, 1.82) is 0 Å². The summed E-state index contributed by atoms with van der Waals surface area (Å²) in [5.41, 5.74) is 8.71. The molecule has 72 heavy (non-hydrogen) atoms. The van der Waals surface area contributed by atoms with Gasteiger partial charge >= 0.3 is 11.9 Å². The van der Waals surface area contributed by atoms with Crippen LogP contribution in [0.4, 0.5) is 20.2 Å². The zero-order chi connectivity index (χ0) is 53.0. The van der Waals surface area contributed by atoms with Crippen molar-refractivity contribution < 1.29 is 63.8 Å². The first kappa shape index (κ1) is 53.4. The second-order valence-corrected chi connectivity index (χ2v) is 20.2. The molecule has 0 radical (unpaired) electrons. The highest BCUT2D eigenvalue weighted by Gasteiger charge is 2.28. The van der Waals surface area contributed by atoms with E-state index in [4.69, 9.17) is 8.83 Å². The van der Waals surface area contributed by atoms with E-state index in [-0.39, 0.29) is 62.9 Å². The third-order valence-corrected chi connectivity index (χ3v) is 13.9. The van der Waals surface area contributed by atoms with Gasteiger partial charge in [0, 0.05) is 77.7 Å². The lowest BCUT2D eigenvalue weighted by Gasteiger charge is -2.21. The molecule has 0 aliphatic carbocycles. The van der Waals surface area contributed by atoms with Gasteiger partial charge in [-0.05, 0) is 97.0 Å². The molecule has 0 saturated carbocycles. The first-order valence-corrected chi connectivity index (χ1v) is 25.6. The van der Waals surface area contributed by atoms with Gasteiger partial charge in [-0.15, -0.1) is 0 Å². The van der Waals surface area contributed by atoms with Crippen molar-refractivity contribution in [1.82, 2.24) is 0 Å². The number of carboxylic acid groups (broad SMARTS) is 2. The summed E-state index contributed by atoms with van der Waals surface area (Å²) in [6.45, 7) is 3.51. The van der Waals surface area contributed by atoms with Crippen LogP contribution in [-0.2, 0) is 20.0 Å². The van der Waals surface area contributed by atoms with Gasteiger partial charge in [-0.1, -0.05) is 44.2 Å². The van der Waals surface area contributed by atoms with E-state index in [1.54, 1.807) is 56.3 Å². The fourth-order valence-corrected chi connectivity index (χ4v) is 8.78. The average Bonchev–Trinajstić information content (AvgIpc) is 3.94. The van der Waals surface area contributed by atoms with Gasteiger partial charge in [-0.3, -0.25) is 18.2 Å². The van der Waals surface area contributed by atoms with Crippen LogP contribution in [0.3, 0.4) is 0 Å². The van der Waals surface area contributed by atoms with Crippen molar-refractivity contribution in [3.8, 4) is 44.9 Å². The third-order valence-electron chi connectivity index (χ3n) is 11.5. The molecule has 8 aromatic rings. The Labute approximate surface area is 413 Å². The molecule has 6 aromatic carbocycles. The Kier molecular flexibility index (Phi) is 16.0. The van der Waals surface area contributed by atoms with Crippen molar-refractivity contribution >= 4 is 76.9 Å². The molecule has 0 saturated heterocycles. The van der Waals surface area contributed by atoms with Gasteiger partial charge in [0.2, 0.25) is 20.0 Å². The summed E-state index contributed by atoms with van der Waals surface area (Å²) < 4.78 is 90.7. The lowest BCUT2D eigenvalue weighted by molar-refractivity contribution is 0.0687. The van der Waals surface area contributed by atoms with Gasteiger partial charge < -0.3 is 24.8 Å². The molecule has 0 fully saturated rings. The first-order chi connectivity index (χ1) is 34.0. The molecule has 8 rings (SSSR count). The molecule has 0 unspecified atom stereocenters. The van der Waals surface area contributed by atoms with E-state index >= 15 is 0 Å². The molecule has 2 aromatic heterocycles. The molecule has 0 bridgehead atoms. The molecule has 4 N–H and O–H groups in total. The van der Waals surface area contributed by atoms with E-state index < -0.39 is 43.6 Å². The Balaban J connectivity index is 0.000000228. The second-order valence-electron chi connectivity index (χ2n) is 16.1. The molecule has 374 valence electrons. The Morgan fingerprint density at radius 3 is 1.31 bits per heavy atom. The number of nitrogens with two attached hydrogens (primary N) is 1. The normalized spacial score (nSPS) is 11.3. The molecule has 19 heteroatoms. The Morgan fingerprint density at radius 1 is 0.528 bits per heavy atom. The van der Waals surface area contributed by atoms with Crippen LogP contribution in [0.1, 0.15) is 68.1 Å². The number of anilines is 2. The molecular formula is C53H49F2N3O12S2. The number of nitrogens with zero attached hydrogens (tertiary/aromatic N) is 2. The molecule has 0 spiro atoms. The van der Waals surface area contributed by atoms with Crippen molar-refractivity contribution in [3.05, 3.63) is 155 Å².